The molecule has 0 atom stereocenters. The normalized spacial score (nSPS) is 15.7. The number of hydrogen-bond acceptors (Lipinski definition) is 2. The van der Waals surface area contributed by atoms with E-state index in [-0.39, 0.29) is 0 Å². The maximum absolute atomic E-state index is 13.8. The third-order valence-corrected chi connectivity index (χ3v) is 4.67. The molecule has 0 aliphatic heterocycles. The molecule has 0 amide bonds. The van der Waals surface area contributed by atoms with Crippen molar-refractivity contribution in [1.29, 1.82) is 0 Å². The third kappa shape index (κ3) is 5.22. The second-order valence-corrected chi connectivity index (χ2v) is 7.35. The highest BCUT2D eigenvalue weighted by molar-refractivity contribution is 5.27. The van der Waals surface area contributed by atoms with Crippen molar-refractivity contribution in [3.05, 3.63) is 46.5 Å². The average molecular weight is 697 g/mol. The van der Waals surface area contributed by atoms with Crippen LogP contribution in [0.5, 0.6) is 0 Å². The molecule has 1 aromatic rings. The number of hydroxylamine groups is 1. The van der Waals surface area contributed by atoms with E-state index in [2.05, 4.69) is 0 Å². The molecule has 2 nitrogen and oxygen atoms in total. The van der Waals surface area contributed by atoms with Crippen molar-refractivity contribution in [1.82, 2.24) is 5.29 Å². The van der Waals surface area contributed by atoms with Crippen LogP contribution in [0.4, 0.5) is 110 Å². The summed E-state index contributed by atoms with van der Waals surface area (Å²) in [4.78, 5) is 2.02. The molecule has 0 N–H and O–H groups in total. The highest BCUT2D eigenvalue weighted by atomic mass is 19.4. The lowest BCUT2D eigenvalue weighted by molar-refractivity contribution is -0.451. The zero-order valence-electron chi connectivity index (χ0n) is 18.3. The van der Waals surface area contributed by atoms with Gasteiger partial charge in [0.1, 0.15) is 10.8 Å². The lowest BCUT2D eigenvalue weighted by atomic mass is 9.91. The summed E-state index contributed by atoms with van der Waals surface area (Å²) < 4.78 is 329. The second-order valence-electron chi connectivity index (χ2n) is 7.35. The highest BCUT2D eigenvalue weighted by Crippen LogP contribution is 2.63. The zero-order chi connectivity index (χ0) is 34.9. The largest absolute Gasteiger partial charge is 0.460 e. The van der Waals surface area contributed by atoms with Crippen LogP contribution in [0.15, 0.2) is 11.8 Å². The number of alkyl halides is 17. The molecule has 0 spiro atoms. The number of allylic oxidation sites excluding steroid dienone is 1. The van der Waals surface area contributed by atoms with Crippen LogP contribution in [-0.2, 0) is 10.9 Å². The van der Waals surface area contributed by atoms with Gasteiger partial charge in [-0.05, 0) is 0 Å². The fraction of sp³-hybridized carbons (Fsp3) is 0.500. The Balaban J connectivity index is 3.68. The summed E-state index contributed by atoms with van der Waals surface area (Å²) >= 11 is 0. The molecular formula is C16F25NO. The fourth-order valence-electron chi connectivity index (χ4n) is 2.35. The van der Waals surface area contributed by atoms with Gasteiger partial charge in [0.15, 0.2) is 23.3 Å². The molecule has 43 heavy (non-hydrogen) atoms. The minimum atomic E-state index is -9.03. The molecule has 250 valence electrons. The Morgan fingerprint density at radius 2 is 0.767 bits per heavy atom. The Hall–Kier alpha value is -3.03. The van der Waals surface area contributed by atoms with Crippen molar-refractivity contribution >= 4 is 0 Å². The molecule has 0 saturated heterocycles. The Bertz CT molecular complexity index is 1230. The monoisotopic (exact) mass is 697 g/mol. The van der Waals surface area contributed by atoms with Gasteiger partial charge in [-0.3, -0.25) is 0 Å². The number of halogens is 25. The number of nitrogens with zero attached hydrogens (tertiary/aromatic N) is 1. The van der Waals surface area contributed by atoms with Gasteiger partial charge in [-0.1, -0.05) is 4.48 Å². The van der Waals surface area contributed by atoms with Gasteiger partial charge in [0.2, 0.25) is 11.6 Å². The van der Waals surface area contributed by atoms with Crippen LogP contribution in [0.25, 0.3) is 0 Å². The Morgan fingerprint density at radius 3 is 1.12 bits per heavy atom. The van der Waals surface area contributed by atoms with E-state index in [9.17, 15) is 110 Å². The van der Waals surface area contributed by atoms with Crippen LogP contribution in [0.1, 0.15) is 5.56 Å². The van der Waals surface area contributed by atoms with Crippen LogP contribution < -0.4 is 0 Å². The van der Waals surface area contributed by atoms with Crippen LogP contribution in [0.3, 0.4) is 0 Å². The van der Waals surface area contributed by atoms with E-state index in [1.165, 1.54) is 0 Å². The van der Waals surface area contributed by atoms with Crippen LogP contribution >= 0.6 is 0 Å². The first-order valence-electron chi connectivity index (χ1n) is 9.06. The van der Waals surface area contributed by atoms with Crippen LogP contribution in [-0.4, -0.2) is 47.0 Å². The van der Waals surface area contributed by atoms with Crippen LogP contribution in [0.2, 0.25) is 0 Å². The molecule has 0 unspecified atom stereocenters. The first-order chi connectivity index (χ1) is 18.6. The number of benzene rings is 1. The SMILES string of the molecule is FC(ON(F)C(F)(F)c1c(F)c(F)c(F)c(F)c1F)=C(F)C(F)(F)C(F)(F)C(F)(F)C(F)(F)C(F)(F)C(F)(F)C(F)(F)F. The first-order valence-corrected chi connectivity index (χ1v) is 9.06. The summed E-state index contributed by atoms with van der Waals surface area (Å²) in [7, 11) is 0. The molecule has 0 heterocycles. The highest BCUT2D eigenvalue weighted by Gasteiger charge is 2.94. The van der Waals surface area contributed by atoms with Gasteiger partial charge in [0, 0.05) is 0 Å². The first kappa shape index (κ1) is 38.0. The van der Waals surface area contributed by atoms with Gasteiger partial charge in [0.05, 0.1) is 0 Å². The minimum Gasteiger partial charge on any atom is -0.336 e. The molecule has 0 bridgehead atoms. The molecule has 27 heteroatoms. The third-order valence-electron chi connectivity index (χ3n) is 4.67. The van der Waals surface area contributed by atoms with Crippen LogP contribution in [0, 0.1) is 29.1 Å². The van der Waals surface area contributed by atoms with Crippen molar-refractivity contribution in [3.8, 4) is 0 Å². The van der Waals surface area contributed by atoms with Gasteiger partial charge in [-0.25, -0.2) is 22.0 Å². The van der Waals surface area contributed by atoms with E-state index >= 15 is 0 Å². The molecule has 0 aliphatic carbocycles. The lowest BCUT2D eigenvalue weighted by Crippen LogP contribution is -2.72. The Morgan fingerprint density at radius 1 is 0.465 bits per heavy atom. The van der Waals surface area contributed by atoms with E-state index in [0.717, 1.165) is 0 Å². The van der Waals surface area contributed by atoms with Gasteiger partial charge < -0.3 is 4.84 Å². The molecule has 1 rings (SSSR count). The predicted molar refractivity (Wildman–Crippen MR) is 79.1 cm³/mol. The van der Waals surface area contributed by atoms with E-state index in [0.29, 0.717) is 0 Å². The van der Waals surface area contributed by atoms with Gasteiger partial charge in [0.25, 0.3) is 0 Å². The van der Waals surface area contributed by atoms with Crippen molar-refractivity contribution in [2.24, 2.45) is 0 Å². The molecule has 0 aromatic heterocycles. The molecule has 1 aromatic carbocycles. The van der Waals surface area contributed by atoms with Gasteiger partial charge in [-0.15, -0.1) is 0 Å². The van der Waals surface area contributed by atoms with Crippen molar-refractivity contribution in [3.63, 3.8) is 0 Å². The van der Waals surface area contributed by atoms with E-state index in [1.54, 1.807) is 0 Å². The van der Waals surface area contributed by atoms with Crippen molar-refractivity contribution in [2.75, 3.05) is 0 Å². The molecule has 0 fully saturated rings. The number of rotatable bonds is 10. The Labute approximate surface area is 215 Å². The lowest BCUT2D eigenvalue weighted by Gasteiger charge is -2.41. The number of hydrogen-bond donors (Lipinski definition) is 0. The van der Waals surface area contributed by atoms with E-state index in [1.807, 2.05) is 4.84 Å². The smallest absolute Gasteiger partial charge is 0.336 e. The maximum Gasteiger partial charge on any atom is 0.460 e. The second kappa shape index (κ2) is 10.6. The summed E-state index contributed by atoms with van der Waals surface area (Å²) in [6.07, 6.45) is -8.02. The summed E-state index contributed by atoms with van der Waals surface area (Å²) in [5.74, 6) is -75.3. The molecule has 0 aliphatic rings. The fourth-order valence-corrected chi connectivity index (χ4v) is 2.35. The van der Waals surface area contributed by atoms with E-state index in [4.69, 9.17) is 0 Å². The summed E-state index contributed by atoms with van der Waals surface area (Å²) in [5, 5.41) is -3.56. The standard InChI is InChI=1S/C16F25NO/c17-2-1(3(18)5(20)6(21)4(2)19)10(26,27)42(41)43-8(23)7(22)9(24,25)11(28,29)12(30,31)13(32,33)14(34,35)15(36,37)16(38,39)40. The van der Waals surface area contributed by atoms with Crippen molar-refractivity contribution in [2.45, 2.75) is 47.8 Å². The minimum absolute atomic E-state index is 2.02. The maximum atomic E-state index is 13.8. The van der Waals surface area contributed by atoms with Gasteiger partial charge in [-0.2, -0.15) is 83.4 Å². The quantitative estimate of drug-likeness (QED) is 0.0461. The topological polar surface area (TPSA) is 12.5 Å². The summed E-state index contributed by atoms with van der Waals surface area (Å²) in [6.45, 7) is 0. The average Bonchev–Trinajstić information content (AvgIpc) is 2.84. The van der Waals surface area contributed by atoms with Gasteiger partial charge >= 0.3 is 53.8 Å². The molecule has 0 radical (unpaired) electrons. The zero-order valence-corrected chi connectivity index (χ0v) is 18.3. The molecular weight excluding hydrogens is 697 g/mol. The van der Waals surface area contributed by atoms with Crippen molar-refractivity contribution < 1.29 is 115 Å². The van der Waals surface area contributed by atoms with E-state index < -0.39 is 99.5 Å². The summed E-state index contributed by atoms with van der Waals surface area (Å²) in [6, 6.07) is -11.6. The Kier molecular flexibility index (Phi) is 9.32. The predicted octanol–water partition coefficient (Wildman–Crippen LogP) is 9.03. The summed E-state index contributed by atoms with van der Waals surface area (Å²) in [5.41, 5.74) is -3.75. The molecule has 0 saturated carbocycles.